The number of para-hydroxylation sites is 1. The summed E-state index contributed by atoms with van der Waals surface area (Å²) in [6, 6.07) is 11.4. The molecule has 0 N–H and O–H groups in total. The fraction of sp³-hybridized carbons (Fsp3) is 0.111. The van der Waals surface area contributed by atoms with Crippen LogP contribution in [0.15, 0.2) is 41.8 Å². The average molecular weight is 382 g/mol. The van der Waals surface area contributed by atoms with Crippen LogP contribution in [0, 0.1) is 0 Å². The minimum atomic E-state index is 0.231. The maximum Gasteiger partial charge on any atom is 0.299 e. The molecule has 0 bridgehead atoms. The number of carbonyl (C=O) groups is 1. The molecule has 3 heterocycles. The van der Waals surface area contributed by atoms with E-state index in [0.717, 1.165) is 16.5 Å². The van der Waals surface area contributed by atoms with Gasteiger partial charge in [0.2, 0.25) is 22.8 Å². The fourth-order valence-corrected chi connectivity index (χ4v) is 3.43. The van der Waals surface area contributed by atoms with E-state index < -0.39 is 0 Å². The van der Waals surface area contributed by atoms with Crippen molar-refractivity contribution in [2.24, 2.45) is 0 Å². The number of hydrogen-bond donors (Lipinski definition) is 0. The summed E-state index contributed by atoms with van der Waals surface area (Å²) in [6.45, 7) is 0.347. The molecule has 0 amide bonds. The van der Waals surface area contributed by atoms with E-state index in [-0.39, 0.29) is 5.88 Å². The van der Waals surface area contributed by atoms with Crippen molar-refractivity contribution in [1.82, 2.24) is 19.7 Å². The van der Waals surface area contributed by atoms with Crippen LogP contribution >= 0.6 is 11.3 Å². The highest BCUT2D eigenvalue weighted by Crippen LogP contribution is 2.36. The lowest BCUT2D eigenvalue weighted by Gasteiger charge is -2.07. The highest BCUT2D eigenvalue weighted by molar-refractivity contribution is 7.12. The standard InChI is InChI=1S/C18H14N4O4S/c1-24-14-8-7-12(17(19-14)25-2)16-11-5-3-4-6-13(11)22(21-16)18-20-15(9-27-18)26-10-23/h3-10H,1-2H3. The summed E-state index contributed by atoms with van der Waals surface area (Å²) < 4.78 is 17.1. The topological polar surface area (TPSA) is 88.4 Å². The van der Waals surface area contributed by atoms with Gasteiger partial charge in [0.25, 0.3) is 6.47 Å². The monoisotopic (exact) mass is 382 g/mol. The molecule has 1 aromatic carbocycles. The van der Waals surface area contributed by atoms with Crippen molar-refractivity contribution in [3.8, 4) is 34.0 Å². The molecular formula is C18H14N4O4S. The largest absolute Gasteiger partial charge is 0.481 e. The Morgan fingerprint density at radius 2 is 1.89 bits per heavy atom. The number of ether oxygens (including phenoxy) is 3. The van der Waals surface area contributed by atoms with Gasteiger partial charge < -0.3 is 14.2 Å². The van der Waals surface area contributed by atoms with Crippen molar-refractivity contribution in [3.63, 3.8) is 0 Å². The van der Waals surface area contributed by atoms with Crippen LogP contribution in [-0.4, -0.2) is 40.4 Å². The second-order valence-electron chi connectivity index (χ2n) is 5.37. The summed E-state index contributed by atoms with van der Waals surface area (Å²) >= 11 is 1.32. The van der Waals surface area contributed by atoms with Crippen LogP contribution < -0.4 is 14.2 Å². The van der Waals surface area contributed by atoms with E-state index in [1.54, 1.807) is 30.3 Å². The van der Waals surface area contributed by atoms with Crippen LogP contribution in [-0.2, 0) is 4.79 Å². The Kier molecular flexibility index (Phi) is 4.43. The zero-order chi connectivity index (χ0) is 18.8. The van der Waals surface area contributed by atoms with Crippen LogP contribution in [0.3, 0.4) is 0 Å². The van der Waals surface area contributed by atoms with Crippen LogP contribution in [0.25, 0.3) is 27.3 Å². The van der Waals surface area contributed by atoms with E-state index >= 15 is 0 Å². The number of aromatic nitrogens is 4. The predicted molar refractivity (Wildman–Crippen MR) is 99.8 cm³/mol. The molecule has 0 aliphatic carbocycles. The molecule has 27 heavy (non-hydrogen) atoms. The second kappa shape index (κ2) is 7.04. The Labute approximate surface area is 158 Å². The fourth-order valence-electron chi connectivity index (χ4n) is 2.73. The lowest BCUT2D eigenvalue weighted by Crippen LogP contribution is -1.98. The third-order valence-electron chi connectivity index (χ3n) is 3.90. The maximum atomic E-state index is 10.5. The summed E-state index contributed by atoms with van der Waals surface area (Å²) in [4.78, 5) is 19.2. The van der Waals surface area contributed by atoms with Gasteiger partial charge >= 0.3 is 0 Å². The van der Waals surface area contributed by atoms with Gasteiger partial charge in [-0.25, -0.2) is 4.68 Å². The molecular weight excluding hydrogens is 368 g/mol. The predicted octanol–water partition coefficient (Wildman–Crippen LogP) is 3.10. The van der Waals surface area contributed by atoms with Gasteiger partial charge in [0.05, 0.1) is 30.7 Å². The smallest absolute Gasteiger partial charge is 0.299 e. The number of nitrogens with zero attached hydrogens (tertiary/aromatic N) is 4. The van der Waals surface area contributed by atoms with Gasteiger partial charge in [0.1, 0.15) is 5.69 Å². The molecule has 0 saturated carbocycles. The Hall–Kier alpha value is -3.46. The van der Waals surface area contributed by atoms with Gasteiger partial charge in [-0.15, -0.1) is 0 Å². The summed E-state index contributed by atoms with van der Waals surface area (Å²) in [5.74, 6) is 1.10. The Bertz CT molecular complexity index is 1120. The number of thiazole rings is 1. The van der Waals surface area contributed by atoms with E-state index in [4.69, 9.17) is 19.3 Å². The minimum absolute atomic E-state index is 0.231. The van der Waals surface area contributed by atoms with E-state index in [9.17, 15) is 4.79 Å². The number of rotatable bonds is 6. The molecule has 9 heteroatoms. The van der Waals surface area contributed by atoms with Crippen molar-refractivity contribution in [1.29, 1.82) is 0 Å². The zero-order valence-corrected chi connectivity index (χ0v) is 15.3. The quantitative estimate of drug-likeness (QED) is 0.474. The second-order valence-corrected chi connectivity index (χ2v) is 6.21. The summed E-state index contributed by atoms with van der Waals surface area (Å²) in [5.41, 5.74) is 2.29. The molecule has 4 rings (SSSR count). The van der Waals surface area contributed by atoms with Crippen molar-refractivity contribution < 1.29 is 19.0 Å². The SMILES string of the molecule is COc1ccc(-c2nn(-c3nc(OC=O)cs3)c3ccccc23)c(OC)n1. The summed E-state index contributed by atoms with van der Waals surface area (Å²) in [7, 11) is 3.10. The van der Waals surface area contributed by atoms with Crippen molar-refractivity contribution in [2.75, 3.05) is 14.2 Å². The molecule has 0 spiro atoms. The van der Waals surface area contributed by atoms with Gasteiger partial charge in [0, 0.05) is 11.5 Å². The number of fused-ring (bicyclic) bond motifs is 1. The number of methoxy groups -OCH3 is 2. The first-order valence-corrected chi connectivity index (χ1v) is 8.76. The molecule has 0 radical (unpaired) electrons. The Morgan fingerprint density at radius 1 is 1.04 bits per heavy atom. The first-order chi connectivity index (χ1) is 13.2. The Morgan fingerprint density at radius 3 is 2.67 bits per heavy atom. The van der Waals surface area contributed by atoms with Crippen LogP contribution in [0.4, 0.5) is 0 Å². The third-order valence-corrected chi connectivity index (χ3v) is 4.70. The Balaban J connectivity index is 1.91. The third kappa shape index (κ3) is 2.97. The molecule has 0 aliphatic heterocycles. The van der Waals surface area contributed by atoms with Crippen LogP contribution in [0.1, 0.15) is 0 Å². The maximum absolute atomic E-state index is 10.5. The van der Waals surface area contributed by atoms with E-state index in [0.29, 0.717) is 29.1 Å². The van der Waals surface area contributed by atoms with Gasteiger partial charge in [-0.1, -0.05) is 29.5 Å². The minimum Gasteiger partial charge on any atom is -0.481 e. The van der Waals surface area contributed by atoms with Gasteiger partial charge in [-0.05, 0) is 12.1 Å². The zero-order valence-electron chi connectivity index (χ0n) is 14.4. The molecule has 8 nitrogen and oxygen atoms in total. The molecule has 0 aliphatic rings. The molecule has 4 aromatic rings. The van der Waals surface area contributed by atoms with Crippen LogP contribution in [0.5, 0.6) is 17.6 Å². The molecule has 136 valence electrons. The van der Waals surface area contributed by atoms with E-state index in [2.05, 4.69) is 9.97 Å². The average Bonchev–Trinajstić information content (AvgIpc) is 3.32. The lowest BCUT2D eigenvalue weighted by atomic mass is 10.1. The van der Waals surface area contributed by atoms with Gasteiger partial charge in [0.15, 0.2) is 0 Å². The number of hydrogen-bond acceptors (Lipinski definition) is 8. The highest BCUT2D eigenvalue weighted by Gasteiger charge is 2.19. The van der Waals surface area contributed by atoms with Crippen LogP contribution in [0.2, 0.25) is 0 Å². The van der Waals surface area contributed by atoms with E-state index in [1.165, 1.54) is 11.3 Å². The lowest BCUT2D eigenvalue weighted by molar-refractivity contribution is -0.120. The molecule has 0 fully saturated rings. The number of pyridine rings is 1. The van der Waals surface area contributed by atoms with Crippen molar-refractivity contribution in [2.45, 2.75) is 0 Å². The first-order valence-electron chi connectivity index (χ1n) is 7.88. The first kappa shape index (κ1) is 17.0. The molecule has 0 unspecified atom stereocenters. The van der Waals surface area contributed by atoms with Gasteiger partial charge in [-0.3, -0.25) is 4.79 Å². The normalized spacial score (nSPS) is 10.7. The number of carbonyl (C=O) groups excluding carboxylic acids is 1. The van der Waals surface area contributed by atoms with Gasteiger partial charge in [-0.2, -0.15) is 15.1 Å². The molecule has 0 atom stereocenters. The molecule has 0 saturated heterocycles. The van der Waals surface area contributed by atoms with Crippen molar-refractivity contribution in [3.05, 3.63) is 41.8 Å². The summed E-state index contributed by atoms with van der Waals surface area (Å²) in [5, 5.41) is 7.87. The number of benzene rings is 1. The molecule has 3 aromatic heterocycles. The van der Waals surface area contributed by atoms with E-state index in [1.807, 2.05) is 30.3 Å². The summed E-state index contributed by atoms with van der Waals surface area (Å²) in [6.07, 6.45) is 0. The van der Waals surface area contributed by atoms with Crippen molar-refractivity contribution >= 4 is 28.7 Å². The highest BCUT2D eigenvalue weighted by atomic mass is 32.1.